The van der Waals surface area contributed by atoms with Gasteiger partial charge in [0.1, 0.15) is 12.0 Å². The zero-order chi connectivity index (χ0) is 14.8. The van der Waals surface area contributed by atoms with Gasteiger partial charge in [0.15, 0.2) is 5.78 Å². The second-order valence-corrected chi connectivity index (χ2v) is 7.24. The second kappa shape index (κ2) is 5.76. The zero-order valence-electron chi connectivity index (χ0n) is 11.6. The van der Waals surface area contributed by atoms with Crippen molar-refractivity contribution in [2.45, 2.75) is 24.7 Å². The Balaban J connectivity index is 2.31. The number of hydrogen-bond acceptors (Lipinski definition) is 4. The molecule has 0 radical (unpaired) electrons. The van der Waals surface area contributed by atoms with E-state index in [-0.39, 0.29) is 11.9 Å². The third kappa shape index (κ3) is 2.58. The minimum atomic E-state index is -3.42. The highest BCUT2D eigenvalue weighted by atomic mass is 31.2. The number of Topliss-reactive ketones (excluding diaryl/α,β-unsaturated/α-hetero) is 1. The maximum atomic E-state index is 14.0. The highest BCUT2D eigenvalue weighted by Crippen LogP contribution is 2.52. The molecule has 0 saturated heterocycles. The molecule has 0 heterocycles. The molecule has 4 nitrogen and oxygen atoms in total. The van der Waals surface area contributed by atoms with Crippen LogP contribution in [-0.2, 0) is 23.8 Å². The van der Waals surface area contributed by atoms with Gasteiger partial charge >= 0.3 is 7.60 Å². The van der Waals surface area contributed by atoms with Crippen LogP contribution in [0.15, 0.2) is 24.3 Å². The van der Waals surface area contributed by atoms with Crippen LogP contribution in [0.2, 0.25) is 0 Å². The van der Waals surface area contributed by atoms with Crippen molar-refractivity contribution in [3.8, 4) is 0 Å². The van der Waals surface area contributed by atoms with E-state index in [1.165, 1.54) is 20.3 Å². The van der Waals surface area contributed by atoms with Crippen LogP contribution < -0.4 is 0 Å². The molecule has 0 N–H and O–H groups in total. The lowest BCUT2D eigenvalue weighted by molar-refractivity contribution is -0.125. The molecule has 1 aromatic rings. The summed E-state index contributed by atoms with van der Waals surface area (Å²) in [6, 6.07) is 6.26. The summed E-state index contributed by atoms with van der Waals surface area (Å²) in [5, 5.41) is 0. The Kier molecular flexibility index (Phi) is 4.43. The minimum Gasteiger partial charge on any atom is -0.312 e. The summed E-state index contributed by atoms with van der Waals surface area (Å²) in [5.74, 6) is -0.675. The lowest BCUT2D eigenvalue weighted by Crippen LogP contribution is -2.44. The van der Waals surface area contributed by atoms with Crippen molar-refractivity contribution in [1.29, 1.82) is 0 Å². The first-order valence-electron chi connectivity index (χ1n) is 6.46. The molecule has 0 spiro atoms. The first-order chi connectivity index (χ1) is 9.47. The second-order valence-electron chi connectivity index (χ2n) is 4.97. The quantitative estimate of drug-likeness (QED) is 0.756. The van der Waals surface area contributed by atoms with Crippen LogP contribution in [0.5, 0.6) is 0 Å². The van der Waals surface area contributed by atoms with Gasteiger partial charge in [0.2, 0.25) is 0 Å². The molecule has 0 amide bonds. The summed E-state index contributed by atoms with van der Waals surface area (Å²) in [7, 11) is -0.932. The Hall–Kier alpha value is -1.03. The van der Waals surface area contributed by atoms with Gasteiger partial charge in [-0.3, -0.25) is 9.36 Å². The van der Waals surface area contributed by atoms with E-state index in [1.807, 2.05) is 0 Å². The van der Waals surface area contributed by atoms with Gasteiger partial charge in [0.25, 0.3) is 0 Å². The molecule has 1 saturated carbocycles. The molecule has 0 atom stereocenters. The van der Waals surface area contributed by atoms with Crippen molar-refractivity contribution in [2.75, 3.05) is 20.4 Å². The number of carbonyl (C=O) groups is 1. The fourth-order valence-corrected chi connectivity index (χ4v) is 3.67. The van der Waals surface area contributed by atoms with Crippen LogP contribution in [0.3, 0.4) is 0 Å². The largest absolute Gasteiger partial charge is 0.337 e. The van der Waals surface area contributed by atoms with Crippen LogP contribution in [0.4, 0.5) is 4.39 Å². The highest BCUT2D eigenvalue weighted by molar-refractivity contribution is 7.54. The predicted octanol–water partition coefficient (Wildman–Crippen LogP) is 3.30. The van der Waals surface area contributed by atoms with Gasteiger partial charge in [0, 0.05) is 19.8 Å². The summed E-state index contributed by atoms with van der Waals surface area (Å²) in [5.41, 5.74) is -0.493. The summed E-state index contributed by atoms with van der Waals surface area (Å²) in [6.45, 7) is 0. The van der Waals surface area contributed by atoms with Gasteiger partial charge in [-0.2, -0.15) is 0 Å². The maximum absolute atomic E-state index is 14.0. The summed E-state index contributed by atoms with van der Waals surface area (Å²) in [4.78, 5) is 12.5. The van der Waals surface area contributed by atoms with E-state index in [1.54, 1.807) is 18.2 Å². The lowest BCUT2D eigenvalue weighted by Gasteiger charge is -2.41. The fraction of sp³-hybridized carbons (Fsp3) is 0.500. The standard InChI is InChI=1S/C14H18FO4P/c1-18-20(17,19-2)10-13(16)14(8-5-9-14)11-6-3-4-7-12(11)15/h3-4,6-7H,5,8-10H2,1-2H3. The van der Waals surface area contributed by atoms with Gasteiger partial charge in [-0.1, -0.05) is 24.6 Å². The van der Waals surface area contributed by atoms with Crippen molar-refractivity contribution in [3.63, 3.8) is 0 Å². The molecule has 0 aliphatic heterocycles. The van der Waals surface area contributed by atoms with E-state index in [9.17, 15) is 13.8 Å². The van der Waals surface area contributed by atoms with Crippen molar-refractivity contribution < 1.29 is 22.8 Å². The van der Waals surface area contributed by atoms with Crippen LogP contribution >= 0.6 is 7.60 Å². The highest BCUT2D eigenvalue weighted by Gasteiger charge is 2.48. The molecule has 2 rings (SSSR count). The van der Waals surface area contributed by atoms with Gasteiger partial charge in [0.05, 0.1) is 5.41 Å². The average molecular weight is 300 g/mol. The first-order valence-corrected chi connectivity index (χ1v) is 8.19. The molecule has 1 aromatic carbocycles. The molecule has 1 fully saturated rings. The first kappa shape index (κ1) is 15.4. The number of ketones is 1. The molecule has 1 aliphatic rings. The third-order valence-corrected chi connectivity index (χ3v) is 5.81. The van der Waals surface area contributed by atoms with E-state index < -0.39 is 18.8 Å². The minimum absolute atomic E-state index is 0.277. The molecule has 6 heteroatoms. The van der Waals surface area contributed by atoms with Crippen LogP contribution in [-0.4, -0.2) is 26.2 Å². The van der Waals surface area contributed by atoms with E-state index >= 15 is 0 Å². The van der Waals surface area contributed by atoms with Crippen molar-refractivity contribution in [2.24, 2.45) is 0 Å². The Morgan fingerprint density at radius 1 is 1.30 bits per heavy atom. The molecule has 1 aliphatic carbocycles. The molecule has 0 aromatic heterocycles. The molecule has 110 valence electrons. The molecule has 0 unspecified atom stereocenters. The normalized spacial score (nSPS) is 17.6. The number of carbonyl (C=O) groups excluding carboxylic acids is 1. The van der Waals surface area contributed by atoms with E-state index in [0.717, 1.165) is 6.42 Å². The van der Waals surface area contributed by atoms with E-state index in [0.29, 0.717) is 18.4 Å². The van der Waals surface area contributed by atoms with E-state index in [4.69, 9.17) is 9.05 Å². The predicted molar refractivity (Wildman–Crippen MR) is 73.4 cm³/mol. The SMILES string of the molecule is COP(=O)(CC(=O)C1(c2ccccc2F)CCC1)OC. The van der Waals surface area contributed by atoms with Gasteiger partial charge in [-0.15, -0.1) is 0 Å². The van der Waals surface area contributed by atoms with Gasteiger partial charge in [-0.25, -0.2) is 4.39 Å². The Morgan fingerprint density at radius 3 is 2.35 bits per heavy atom. The number of hydrogen-bond donors (Lipinski definition) is 0. The molecule has 20 heavy (non-hydrogen) atoms. The van der Waals surface area contributed by atoms with Crippen LogP contribution in [0.25, 0.3) is 0 Å². The van der Waals surface area contributed by atoms with Gasteiger partial charge in [-0.05, 0) is 18.9 Å². The van der Waals surface area contributed by atoms with Crippen LogP contribution in [0, 0.1) is 5.82 Å². The van der Waals surface area contributed by atoms with Crippen molar-refractivity contribution >= 4 is 13.4 Å². The van der Waals surface area contributed by atoms with Crippen molar-refractivity contribution in [1.82, 2.24) is 0 Å². The smallest absolute Gasteiger partial charge is 0.312 e. The zero-order valence-corrected chi connectivity index (χ0v) is 12.5. The topological polar surface area (TPSA) is 52.6 Å². The Labute approximate surface area is 117 Å². The van der Waals surface area contributed by atoms with Crippen LogP contribution in [0.1, 0.15) is 24.8 Å². The number of rotatable bonds is 6. The summed E-state index contributed by atoms with van der Waals surface area (Å²) < 4.78 is 35.7. The molecular weight excluding hydrogens is 282 g/mol. The summed E-state index contributed by atoms with van der Waals surface area (Å²) >= 11 is 0. The molecular formula is C14H18FO4P. The summed E-state index contributed by atoms with van der Waals surface area (Å²) in [6.07, 6.45) is 1.67. The average Bonchev–Trinajstić information content (AvgIpc) is 2.39. The maximum Gasteiger partial charge on any atom is 0.337 e. The molecule has 0 bridgehead atoms. The van der Waals surface area contributed by atoms with E-state index in [2.05, 4.69) is 0 Å². The van der Waals surface area contributed by atoms with Crippen molar-refractivity contribution in [3.05, 3.63) is 35.6 Å². The monoisotopic (exact) mass is 300 g/mol. The Bertz CT molecular complexity index is 546. The number of benzene rings is 1. The fourth-order valence-electron chi connectivity index (χ4n) is 2.61. The Morgan fingerprint density at radius 2 is 1.90 bits per heavy atom. The third-order valence-electron chi connectivity index (χ3n) is 4.02. The van der Waals surface area contributed by atoms with Gasteiger partial charge < -0.3 is 9.05 Å². The number of halogens is 1. The lowest BCUT2D eigenvalue weighted by atomic mass is 9.62.